The molecule has 9 nitrogen and oxygen atoms in total. The Bertz CT molecular complexity index is 1060. The summed E-state index contributed by atoms with van der Waals surface area (Å²) in [5, 5.41) is 14.1. The van der Waals surface area contributed by atoms with E-state index in [0.717, 1.165) is 42.5 Å². The minimum atomic E-state index is -0.504. The number of amides is 3. The number of carbonyl (C=O) groups is 3. The van der Waals surface area contributed by atoms with Crippen molar-refractivity contribution in [1.82, 2.24) is 10.9 Å². The van der Waals surface area contributed by atoms with Gasteiger partial charge >= 0.3 is 0 Å². The SMILES string of the molecule is CC(=O)NNC(=O)c1c(NC(=O)C=Cc2cccc([N+](=O)[O-])c2)sc2c1CCCCC2. The molecule has 10 heteroatoms. The van der Waals surface area contributed by atoms with Crippen LogP contribution in [0, 0.1) is 10.1 Å². The van der Waals surface area contributed by atoms with Gasteiger partial charge in [0.05, 0.1) is 10.5 Å². The van der Waals surface area contributed by atoms with Gasteiger partial charge in [-0.05, 0) is 42.9 Å². The summed E-state index contributed by atoms with van der Waals surface area (Å²) in [5.74, 6) is -1.34. The van der Waals surface area contributed by atoms with Crippen molar-refractivity contribution in [2.45, 2.75) is 39.0 Å². The minimum Gasteiger partial charge on any atom is -0.313 e. The van der Waals surface area contributed by atoms with Crippen LogP contribution in [-0.2, 0) is 22.4 Å². The largest absolute Gasteiger partial charge is 0.313 e. The number of nitro groups is 1. The molecule has 0 saturated carbocycles. The average Bonchev–Trinajstić information content (AvgIpc) is 2.90. The van der Waals surface area contributed by atoms with Crippen LogP contribution in [0.3, 0.4) is 0 Å². The third-order valence-electron chi connectivity index (χ3n) is 4.75. The Morgan fingerprint density at radius 3 is 2.65 bits per heavy atom. The second-order valence-corrected chi connectivity index (χ2v) is 8.18. The Kier molecular flexibility index (Phi) is 7.14. The fraction of sp³-hybridized carbons (Fsp3) is 0.286. The van der Waals surface area contributed by atoms with E-state index in [2.05, 4.69) is 16.2 Å². The molecule has 1 heterocycles. The number of hydrazine groups is 1. The number of anilines is 1. The first kappa shape index (κ1) is 22.2. The fourth-order valence-electron chi connectivity index (χ4n) is 3.35. The van der Waals surface area contributed by atoms with Gasteiger partial charge < -0.3 is 5.32 Å². The van der Waals surface area contributed by atoms with E-state index in [-0.39, 0.29) is 5.69 Å². The number of rotatable bonds is 5. The number of carbonyl (C=O) groups excluding carboxylic acids is 3. The number of nitrogens with one attached hydrogen (secondary N) is 3. The van der Waals surface area contributed by atoms with Crippen LogP contribution in [0.25, 0.3) is 6.08 Å². The second kappa shape index (κ2) is 9.98. The third kappa shape index (κ3) is 5.76. The molecule has 162 valence electrons. The highest BCUT2D eigenvalue weighted by Gasteiger charge is 2.25. The number of hydrogen-bond donors (Lipinski definition) is 3. The number of benzene rings is 1. The van der Waals surface area contributed by atoms with Crippen LogP contribution in [0.5, 0.6) is 0 Å². The summed E-state index contributed by atoms with van der Waals surface area (Å²) in [7, 11) is 0. The summed E-state index contributed by atoms with van der Waals surface area (Å²) in [6, 6.07) is 5.92. The first-order chi connectivity index (χ1) is 14.8. The zero-order valence-corrected chi connectivity index (χ0v) is 17.7. The highest BCUT2D eigenvalue weighted by Crippen LogP contribution is 2.37. The number of aryl methyl sites for hydroxylation is 1. The van der Waals surface area contributed by atoms with Crippen molar-refractivity contribution in [3.63, 3.8) is 0 Å². The van der Waals surface area contributed by atoms with E-state index in [1.54, 1.807) is 6.07 Å². The molecule has 2 aromatic rings. The summed E-state index contributed by atoms with van der Waals surface area (Å²) in [4.78, 5) is 47.8. The van der Waals surface area contributed by atoms with Crippen molar-refractivity contribution >= 4 is 45.8 Å². The maximum atomic E-state index is 12.7. The molecule has 0 aliphatic heterocycles. The molecule has 1 aromatic carbocycles. The standard InChI is InChI=1S/C21H22N4O5S/c1-13(26)23-24-20(28)19-16-8-3-2-4-9-17(16)31-21(19)22-18(27)11-10-14-6-5-7-15(12-14)25(29)30/h5-7,10-12H,2-4,8-9H2,1H3,(H,22,27)(H,23,26)(H,24,28). The van der Waals surface area contributed by atoms with Crippen molar-refractivity contribution in [3.8, 4) is 0 Å². The maximum absolute atomic E-state index is 12.7. The lowest BCUT2D eigenvalue weighted by Gasteiger charge is -2.09. The third-order valence-corrected chi connectivity index (χ3v) is 5.95. The topological polar surface area (TPSA) is 130 Å². The molecule has 0 radical (unpaired) electrons. The predicted molar refractivity (Wildman–Crippen MR) is 118 cm³/mol. The number of hydrogen-bond acceptors (Lipinski definition) is 6. The number of non-ortho nitro benzene ring substituents is 1. The molecule has 31 heavy (non-hydrogen) atoms. The van der Waals surface area contributed by atoms with Crippen molar-refractivity contribution in [3.05, 3.63) is 62.0 Å². The monoisotopic (exact) mass is 442 g/mol. The summed E-state index contributed by atoms with van der Waals surface area (Å²) in [5.41, 5.74) is 6.38. The zero-order chi connectivity index (χ0) is 22.4. The molecule has 0 atom stereocenters. The molecule has 1 aliphatic carbocycles. The lowest BCUT2D eigenvalue weighted by molar-refractivity contribution is -0.384. The molecule has 0 spiro atoms. The summed E-state index contributed by atoms with van der Waals surface area (Å²) in [6.45, 7) is 1.29. The molecule has 3 rings (SSSR count). The molecule has 3 N–H and O–H groups in total. The van der Waals surface area contributed by atoms with Crippen LogP contribution in [0.15, 0.2) is 30.3 Å². The van der Waals surface area contributed by atoms with Gasteiger partial charge in [0.1, 0.15) is 5.00 Å². The summed E-state index contributed by atoms with van der Waals surface area (Å²) in [6.07, 6.45) is 7.33. The Morgan fingerprint density at radius 2 is 1.90 bits per heavy atom. The van der Waals surface area contributed by atoms with E-state index in [9.17, 15) is 24.5 Å². The molecule has 0 unspecified atom stereocenters. The van der Waals surface area contributed by atoms with E-state index in [1.165, 1.54) is 48.6 Å². The molecule has 0 bridgehead atoms. The van der Waals surface area contributed by atoms with Crippen LogP contribution in [0.1, 0.15) is 52.5 Å². The molecule has 3 amide bonds. The van der Waals surface area contributed by atoms with Crippen molar-refractivity contribution in [1.29, 1.82) is 0 Å². The van der Waals surface area contributed by atoms with E-state index in [4.69, 9.17) is 0 Å². The quantitative estimate of drug-likeness (QED) is 0.283. The number of nitro benzene ring substituents is 1. The first-order valence-corrected chi connectivity index (χ1v) is 10.6. The van der Waals surface area contributed by atoms with Crippen LogP contribution in [0.2, 0.25) is 0 Å². The lowest BCUT2D eigenvalue weighted by atomic mass is 10.1. The Hall–Kier alpha value is -3.53. The minimum absolute atomic E-state index is 0.0681. The van der Waals surface area contributed by atoms with Crippen LogP contribution >= 0.6 is 11.3 Å². The molecule has 1 aromatic heterocycles. The van der Waals surface area contributed by atoms with Gasteiger partial charge in [0.15, 0.2) is 0 Å². The van der Waals surface area contributed by atoms with Crippen molar-refractivity contribution in [2.75, 3.05) is 5.32 Å². The van der Waals surface area contributed by atoms with Gasteiger partial charge in [-0.3, -0.25) is 35.3 Å². The van der Waals surface area contributed by atoms with Crippen LogP contribution in [-0.4, -0.2) is 22.6 Å². The Balaban J connectivity index is 1.82. The molecular weight excluding hydrogens is 420 g/mol. The zero-order valence-electron chi connectivity index (χ0n) is 16.9. The Morgan fingerprint density at radius 1 is 1.13 bits per heavy atom. The average molecular weight is 442 g/mol. The second-order valence-electron chi connectivity index (χ2n) is 7.08. The van der Waals surface area contributed by atoms with Crippen LogP contribution in [0.4, 0.5) is 10.7 Å². The highest BCUT2D eigenvalue weighted by molar-refractivity contribution is 7.17. The highest BCUT2D eigenvalue weighted by atomic mass is 32.1. The van der Waals surface area contributed by atoms with Gasteiger partial charge in [0.25, 0.3) is 11.6 Å². The normalized spacial score (nSPS) is 13.2. The Labute approximate surface area is 182 Å². The molecule has 1 aliphatic rings. The predicted octanol–water partition coefficient (Wildman–Crippen LogP) is 3.36. The summed E-state index contributed by atoms with van der Waals surface area (Å²) < 4.78 is 0. The summed E-state index contributed by atoms with van der Waals surface area (Å²) >= 11 is 1.37. The van der Waals surface area contributed by atoms with Crippen molar-refractivity contribution < 1.29 is 19.3 Å². The fourth-order valence-corrected chi connectivity index (χ4v) is 4.64. The van der Waals surface area contributed by atoms with Gasteiger partial charge in [0.2, 0.25) is 11.8 Å². The van der Waals surface area contributed by atoms with Gasteiger partial charge in [-0.15, -0.1) is 11.3 Å². The van der Waals surface area contributed by atoms with E-state index < -0.39 is 22.6 Å². The first-order valence-electron chi connectivity index (χ1n) is 9.80. The lowest BCUT2D eigenvalue weighted by Crippen LogP contribution is -2.40. The van der Waals surface area contributed by atoms with Crippen molar-refractivity contribution in [2.24, 2.45) is 0 Å². The number of nitrogens with zero attached hydrogens (tertiary/aromatic N) is 1. The number of fused-ring (bicyclic) bond motifs is 1. The number of thiophene rings is 1. The molecule has 0 fully saturated rings. The van der Waals surface area contributed by atoms with Crippen LogP contribution < -0.4 is 16.2 Å². The van der Waals surface area contributed by atoms with E-state index in [1.807, 2.05) is 0 Å². The van der Waals surface area contributed by atoms with Gasteiger partial charge in [-0.25, -0.2) is 0 Å². The smallest absolute Gasteiger partial charge is 0.272 e. The van der Waals surface area contributed by atoms with Gasteiger partial charge in [-0.2, -0.15) is 0 Å². The van der Waals surface area contributed by atoms with E-state index in [0.29, 0.717) is 16.1 Å². The molecular formula is C21H22N4O5S. The van der Waals surface area contributed by atoms with E-state index >= 15 is 0 Å². The van der Waals surface area contributed by atoms with Gasteiger partial charge in [-0.1, -0.05) is 18.6 Å². The maximum Gasteiger partial charge on any atom is 0.272 e. The molecule has 0 saturated heterocycles. The van der Waals surface area contributed by atoms with Gasteiger partial charge in [0, 0.05) is 30.0 Å².